The van der Waals surface area contributed by atoms with Gasteiger partial charge in [0.15, 0.2) is 0 Å². The largest absolute Gasteiger partial charge is 0.390 e. The standard InChI is InChI=1S/C10H16N2O/c1-10(13)4-2-8(3-5-10)9-11-6-7-12-9/h6-8,13H,2-5H2,1H3,(H,11,12). The van der Waals surface area contributed by atoms with Crippen LogP contribution in [-0.2, 0) is 0 Å². The molecule has 0 bridgehead atoms. The van der Waals surface area contributed by atoms with Gasteiger partial charge in [0.2, 0.25) is 0 Å². The summed E-state index contributed by atoms with van der Waals surface area (Å²) in [7, 11) is 0. The Labute approximate surface area is 78.2 Å². The molecule has 1 heterocycles. The predicted molar refractivity (Wildman–Crippen MR) is 50.4 cm³/mol. The van der Waals surface area contributed by atoms with Gasteiger partial charge in [0.25, 0.3) is 0 Å². The molecule has 1 aliphatic rings. The van der Waals surface area contributed by atoms with Gasteiger partial charge in [-0.25, -0.2) is 4.98 Å². The van der Waals surface area contributed by atoms with E-state index in [1.165, 1.54) is 0 Å². The monoisotopic (exact) mass is 180 g/mol. The van der Waals surface area contributed by atoms with Crippen LogP contribution in [0.4, 0.5) is 0 Å². The van der Waals surface area contributed by atoms with Crippen LogP contribution in [0.1, 0.15) is 44.3 Å². The maximum atomic E-state index is 9.76. The van der Waals surface area contributed by atoms with E-state index in [9.17, 15) is 5.11 Å². The zero-order valence-electron chi connectivity index (χ0n) is 7.95. The van der Waals surface area contributed by atoms with Crippen molar-refractivity contribution >= 4 is 0 Å². The molecule has 0 spiro atoms. The van der Waals surface area contributed by atoms with E-state index in [0.717, 1.165) is 31.5 Å². The van der Waals surface area contributed by atoms with Crippen LogP contribution in [0.2, 0.25) is 0 Å². The van der Waals surface area contributed by atoms with Crippen LogP contribution in [0.3, 0.4) is 0 Å². The first-order valence-electron chi connectivity index (χ1n) is 4.89. The molecule has 2 N–H and O–H groups in total. The molecular weight excluding hydrogens is 164 g/mol. The van der Waals surface area contributed by atoms with Gasteiger partial charge in [-0.3, -0.25) is 0 Å². The van der Waals surface area contributed by atoms with E-state index in [-0.39, 0.29) is 0 Å². The fourth-order valence-corrected chi connectivity index (χ4v) is 2.01. The van der Waals surface area contributed by atoms with Gasteiger partial charge >= 0.3 is 0 Å². The molecule has 3 nitrogen and oxygen atoms in total. The van der Waals surface area contributed by atoms with Gasteiger partial charge in [-0.05, 0) is 32.6 Å². The van der Waals surface area contributed by atoms with Crippen LogP contribution < -0.4 is 0 Å². The van der Waals surface area contributed by atoms with Crippen LogP contribution in [-0.4, -0.2) is 20.7 Å². The van der Waals surface area contributed by atoms with Crippen molar-refractivity contribution < 1.29 is 5.11 Å². The van der Waals surface area contributed by atoms with Gasteiger partial charge < -0.3 is 10.1 Å². The molecule has 0 aromatic carbocycles. The Kier molecular flexibility index (Phi) is 2.12. The van der Waals surface area contributed by atoms with Crippen molar-refractivity contribution in [3.63, 3.8) is 0 Å². The lowest BCUT2D eigenvalue weighted by molar-refractivity contribution is 0.0165. The molecule has 1 saturated carbocycles. The van der Waals surface area contributed by atoms with Gasteiger partial charge in [-0.2, -0.15) is 0 Å². The maximum Gasteiger partial charge on any atom is 0.109 e. The Bertz CT molecular complexity index is 256. The average molecular weight is 180 g/mol. The Hall–Kier alpha value is -0.830. The van der Waals surface area contributed by atoms with Crippen LogP contribution in [0, 0.1) is 0 Å². The number of nitrogens with one attached hydrogen (secondary N) is 1. The highest BCUT2D eigenvalue weighted by Crippen LogP contribution is 2.36. The number of aliphatic hydroxyl groups is 1. The van der Waals surface area contributed by atoms with Crippen LogP contribution in [0.15, 0.2) is 12.4 Å². The quantitative estimate of drug-likeness (QED) is 0.692. The molecule has 0 radical (unpaired) electrons. The second-order valence-corrected chi connectivity index (χ2v) is 4.25. The molecule has 1 fully saturated rings. The van der Waals surface area contributed by atoms with Gasteiger partial charge in [0.1, 0.15) is 5.82 Å². The minimum absolute atomic E-state index is 0.441. The van der Waals surface area contributed by atoms with Gasteiger partial charge in [-0.1, -0.05) is 0 Å². The number of aromatic amines is 1. The van der Waals surface area contributed by atoms with Gasteiger partial charge in [0.05, 0.1) is 5.60 Å². The second-order valence-electron chi connectivity index (χ2n) is 4.25. The molecule has 1 aromatic heterocycles. The summed E-state index contributed by atoms with van der Waals surface area (Å²) in [5.74, 6) is 1.60. The minimum Gasteiger partial charge on any atom is -0.390 e. The van der Waals surface area contributed by atoms with Crippen molar-refractivity contribution in [1.29, 1.82) is 0 Å². The molecule has 0 unspecified atom stereocenters. The minimum atomic E-state index is -0.441. The second kappa shape index (κ2) is 3.14. The molecule has 1 aliphatic carbocycles. The first-order valence-corrected chi connectivity index (χ1v) is 4.89. The fraction of sp³-hybridized carbons (Fsp3) is 0.700. The molecule has 0 saturated heterocycles. The summed E-state index contributed by atoms with van der Waals surface area (Å²) < 4.78 is 0. The van der Waals surface area contributed by atoms with E-state index in [2.05, 4.69) is 9.97 Å². The topological polar surface area (TPSA) is 48.9 Å². The summed E-state index contributed by atoms with van der Waals surface area (Å²) in [6.45, 7) is 1.92. The molecule has 13 heavy (non-hydrogen) atoms. The van der Waals surface area contributed by atoms with Crippen molar-refractivity contribution in [3.8, 4) is 0 Å². The first kappa shape index (κ1) is 8.75. The highest BCUT2D eigenvalue weighted by molar-refractivity contribution is 5.00. The van der Waals surface area contributed by atoms with Crippen LogP contribution in [0.5, 0.6) is 0 Å². The first-order chi connectivity index (χ1) is 6.17. The number of imidazole rings is 1. The van der Waals surface area contributed by atoms with Gasteiger partial charge in [-0.15, -0.1) is 0 Å². The Morgan fingerprint density at radius 3 is 2.77 bits per heavy atom. The summed E-state index contributed by atoms with van der Waals surface area (Å²) in [5, 5.41) is 9.76. The third-order valence-corrected chi connectivity index (χ3v) is 2.97. The lowest BCUT2D eigenvalue weighted by Gasteiger charge is -2.32. The van der Waals surface area contributed by atoms with Crippen LogP contribution >= 0.6 is 0 Å². The van der Waals surface area contributed by atoms with E-state index in [1.807, 2.05) is 13.1 Å². The number of hydrogen-bond donors (Lipinski definition) is 2. The number of H-pyrrole nitrogens is 1. The molecule has 72 valence electrons. The smallest absolute Gasteiger partial charge is 0.109 e. The van der Waals surface area contributed by atoms with Crippen molar-refractivity contribution in [2.45, 2.75) is 44.1 Å². The summed E-state index contributed by atoms with van der Waals surface area (Å²) in [4.78, 5) is 7.39. The molecule has 3 heteroatoms. The van der Waals surface area contributed by atoms with Crippen molar-refractivity contribution in [2.75, 3.05) is 0 Å². The third-order valence-electron chi connectivity index (χ3n) is 2.97. The molecule has 0 atom stereocenters. The summed E-state index contributed by atoms with van der Waals surface area (Å²) in [5.41, 5.74) is -0.441. The molecular formula is C10H16N2O. The number of hydrogen-bond acceptors (Lipinski definition) is 2. The van der Waals surface area contributed by atoms with E-state index >= 15 is 0 Å². The molecule has 2 rings (SSSR count). The zero-order chi connectivity index (χ0) is 9.31. The number of nitrogens with zero attached hydrogens (tertiary/aromatic N) is 1. The van der Waals surface area contributed by atoms with Crippen molar-refractivity contribution in [1.82, 2.24) is 9.97 Å². The third kappa shape index (κ3) is 1.91. The lowest BCUT2D eigenvalue weighted by Crippen LogP contribution is -2.29. The highest BCUT2D eigenvalue weighted by atomic mass is 16.3. The molecule has 1 aromatic rings. The number of rotatable bonds is 1. The number of aromatic nitrogens is 2. The SMILES string of the molecule is CC1(O)CCC(c2ncc[nH]2)CC1. The highest BCUT2D eigenvalue weighted by Gasteiger charge is 2.30. The normalized spacial score (nSPS) is 34.8. The Morgan fingerprint density at radius 1 is 1.54 bits per heavy atom. The van der Waals surface area contributed by atoms with E-state index in [0.29, 0.717) is 5.92 Å². The summed E-state index contributed by atoms with van der Waals surface area (Å²) >= 11 is 0. The van der Waals surface area contributed by atoms with E-state index in [4.69, 9.17) is 0 Å². The van der Waals surface area contributed by atoms with E-state index < -0.39 is 5.60 Å². The predicted octanol–water partition coefficient (Wildman–Crippen LogP) is 1.82. The Balaban J connectivity index is 1.99. The van der Waals surface area contributed by atoms with Crippen molar-refractivity contribution in [2.24, 2.45) is 0 Å². The Morgan fingerprint density at radius 2 is 2.23 bits per heavy atom. The fourth-order valence-electron chi connectivity index (χ4n) is 2.01. The average Bonchev–Trinajstić information content (AvgIpc) is 2.56. The maximum absolute atomic E-state index is 9.76. The molecule has 0 amide bonds. The van der Waals surface area contributed by atoms with E-state index in [1.54, 1.807) is 6.20 Å². The van der Waals surface area contributed by atoms with Crippen molar-refractivity contribution in [3.05, 3.63) is 18.2 Å². The lowest BCUT2D eigenvalue weighted by atomic mass is 9.80. The van der Waals surface area contributed by atoms with Gasteiger partial charge in [0, 0.05) is 18.3 Å². The zero-order valence-corrected chi connectivity index (χ0v) is 7.95. The van der Waals surface area contributed by atoms with Crippen LogP contribution in [0.25, 0.3) is 0 Å². The molecule has 0 aliphatic heterocycles. The summed E-state index contributed by atoms with van der Waals surface area (Å²) in [6, 6.07) is 0. The summed E-state index contributed by atoms with van der Waals surface area (Å²) in [6.07, 6.45) is 7.52.